The third-order valence-corrected chi connectivity index (χ3v) is 3.44. The molecule has 2 aromatic heterocycles. The predicted octanol–water partition coefficient (Wildman–Crippen LogP) is 0.844. The van der Waals surface area contributed by atoms with Crippen LogP contribution < -0.4 is 5.32 Å². The van der Waals surface area contributed by atoms with E-state index in [0.29, 0.717) is 12.1 Å². The van der Waals surface area contributed by atoms with Crippen LogP contribution in [0.3, 0.4) is 0 Å². The molecule has 2 rings (SSSR count). The molecule has 2 amide bonds. The summed E-state index contributed by atoms with van der Waals surface area (Å²) >= 11 is 1.44. The van der Waals surface area contributed by atoms with Crippen molar-refractivity contribution in [2.24, 2.45) is 7.05 Å². The van der Waals surface area contributed by atoms with E-state index in [0.717, 1.165) is 5.69 Å². The standard InChI is InChI=1S/C12H15N5O3S/c1-16(5-9-6-21-7-13-9)12(20)15-10(11(18)19)8-3-14-17(2)4-8/h3-4,6-7,10H,5H2,1-2H3,(H,15,20)(H,18,19). The monoisotopic (exact) mass is 309 g/mol. The fourth-order valence-corrected chi connectivity index (χ4v) is 2.29. The molecule has 0 fully saturated rings. The highest BCUT2D eigenvalue weighted by atomic mass is 32.1. The normalized spacial score (nSPS) is 11.9. The summed E-state index contributed by atoms with van der Waals surface area (Å²) in [4.78, 5) is 28.8. The summed E-state index contributed by atoms with van der Waals surface area (Å²) in [5, 5.41) is 17.5. The van der Waals surface area contributed by atoms with E-state index in [9.17, 15) is 14.7 Å². The molecule has 0 spiro atoms. The molecule has 2 aromatic rings. The summed E-state index contributed by atoms with van der Waals surface area (Å²) in [6, 6.07) is -1.62. The summed E-state index contributed by atoms with van der Waals surface area (Å²) in [6.45, 7) is 0.314. The molecule has 1 unspecified atom stereocenters. The third-order valence-electron chi connectivity index (χ3n) is 2.80. The number of urea groups is 1. The highest BCUT2D eigenvalue weighted by Crippen LogP contribution is 2.13. The van der Waals surface area contributed by atoms with Crippen LogP contribution in [0.2, 0.25) is 0 Å². The topological polar surface area (TPSA) is 100 Å². The summed E-state index contributed by atoms with van der Waals surface area (Å²) in [6.07, 6.45) is 2.97. The first-order valence-corrected chi connectivity index (χ1v) is 7.01. The van der Waals surface area contributed by atoms with Crippen molar-refractivity contribution in [3.8, 4) is 0 Å². The smallest absolute Gasteiger partial charge is 0.331 e. The van der Waals surface area contributed by atoms with Gasteiger partial charge in [0, 0.05) is 31.2 Å². The Morgan fingerprint density at radius 1 is 1.57 bits per heavy atom. The lowest BCUT2D eigenvalue weighted by Crippen LogP contribution is -2.41. The number of nitrogens with one attached hydrogen (secondary N) is 1. The van der Waals surface area contributed by atoms with E-state index in [1.165, 1.54) is 27.1 Å². The molecule has 2 heterocycles. The van der Waals surface area contributed by atoms with E-state index in [1.807, 2.05) is 5.38 Å². The second-order valence-corrected chi connectivity index (χ2v) is 5.22. The van der Waals surface area contributed by atoms with E-state index in [2.05, 4.69) is 15.4 Å². The molecule has 2 N–H and O–H groups in total. The Kier molecular flexibility index (Phi) is 4.53. The average Bonchev–Trinajstić information content (AvgIpc) is 3.06. The molecule has 0 aliphatic heterocycles. The maximum Gasteiger partial charge on any atom is 0.331 e. The summed E-state index contributed by atoms with van der Waals surface area (Å²) in [7, 11) is 3.26. The number of carbonyl (C=O) groups is 2. The van der Waals surface area contributed by atoms with Gasteiger partial charge in [0.15, 0.2) is 6.04 Å². The number of hydrogen-bond acceptors (Lipinski definition) is 5. The number of carboxylic acid groups (broad SMARTS) is 1. The highest BCUT2D eigenvalue weighted by molar-refractivity contribution is 7.07. The Labute approximate surface area is 125 Å². The van der Waals surface area contributed by atoms with Crippen molar-refractivity contribution in [2.45, 2.75) is 12.6 Å². The fraction of sp³-hybridized carbons (Fsp3) is 0.333. The van der Waals surface area contributed by atoms with Crippen LogP contribution in [-0.4, -0.2) is 43.8 Å². The van der Waals surface area contributed by atoms with Crippen LogP contribution in [0.4, 0.5) is 4.79 Å². The molecule has 0 radical (unpaired) electrons. The van der Waals surface area contributed by atoms with Crippen molar-refractivity contribution in [3.05, 3.63) is 34.5 Å². The van der Waals surface area contributed by atoms with Gasteiger partial charge in [0.1, 0.15) is 0 Å². The van der Waals surface area contributed by atoms with Crippen LogP contribution >= 0.6 is 11.3 Å². The number of nitrogens with zero attached hydrogens (tertiary/aromatic N) is 4. The van der Waals surface area contributed by atoms with Crippen LogP contribution in [0.5, 0.6) is 0 Å². The molecule has 21 heavy (non-hydrogen) atoms. The van der Waals surface area contributed by atoms with Gasteiger partial charge in [-0.1, -0.05) is 0 Å². The zero-order valence-electron chi connectivity index (χ0n) is 11.6. The van der Waals surface area contributed by atoms with Crippen LogP contribution in [0.1, 0.15) is 17.3 Å². The number of rotatable bonds is 5. The van der Waals surface area contributed by atoms with Gasteiger partial charge in [-0.05, 0) is 0 Å². The largest absolute Gasteiger partial charge is 0.479 e. The molecule has 0 aliphatic rings. The first-order chi connectivity index (χ1) is 9.97. The number of aromatic nitrogens is 3. The van der Waals surface area contributed by atoms with Crippen LogP contribution in [0.25, 0.3) is 0 Å². The first kappa shape index (κ1) is 15.0. The number of thiazole rings is 1. The number of carbonyl (C=O) groups excluding carboxylic acids is 1. The Morgan fingerprint density at radius 3 is 2.86 bits per heavy atom. The van der Waals surface area contributed by atoms with Crippen molar-refractivity contribution < 1.29 is 14.7 Å². The van der Waals surface area contributed by atoms with Gasteiger partial charge in [0.2, 0.25) is 0 Å². The molecule has 0 aromatic carbocycles. The van der Waals surface area contributed by atoms with E-state index in [-0.39, 0.29) is 0 Å². The molecule has 0 saturated heterocycles. The van der Waals surface area contributed by atoms with Gasteiger partial charge in [-0.3, -0.25) is 4.68 Å². The van der Waals surface area contributed by atoms with E-state index in [4.69, 9.17) is 0 Å². The number of amides is 2. The Bertz CT molecular complexity index is 625. The lowest BCUT2D eigenvalue weighted by atomic mass is 10.1. The zero-order valence-corrected chi connectivity index (χ0v) is 12.4. The van der Waals surface area contributed by atoms with E-state index >= 15 is 0 Å². The minimum absolute atomic E-state index is 0.314. The molecule has 112 valence electrons. The van der Waals surface area contributed by atoms with Crippen LogP contribution in [-0.2, 0) is 18.4 Å². The Morgan fingerprint density at radius 2 is 2.33 bits per heavy atom. The third kappa shape index (κ3) is 3.78. The molecular weight excluding hydrogens is 294 g/mol. The van der Waals surface area contributed by atoms with Gasteiger partial charge in [0.05, 0.1) is 23.9 Å². The average molecular weight is 309 g/mol. The van der Waals surface area contributed by atoms with Crippen LogP contribution in [0, 0.1) is 0 Å². The maximum absolute atomic E-state index is 12.1. The molecule has 0 aliphatic carbocycles. The molecule has 8 nitrogen and oxygen atoms in total. The molecule has 0 bridgehead atoms. The predicted molar refractivity (Wildman–Crippen MR) is 75.7 cm³/mol. The first-order valence-electron chi connectivity index (χ1n) is 6.07. The lowest BCUT2D eigenvalue weighted by molar-refractivity contribution is -0.139. The second kappa shape index (κ2) is 6.35. The fourth-order valence-electron chi connectivity index (χ4n) is 1.74. The molecular formula is C12H15N5O3S. The highest BCUT2D eigenvalue weighted by Gasteiger charge is 2.25. The van der Waals surface area contributed by atoms with E-state index in [1.54, 1.807) is 25.8 Å². The summed E-state index contributed by atoms with van der Waals surface area (Å²) in [5.41, 5.74) is 2.85. The van der Waals surface area contributed by atoms with Gasteiger partial charge >= 0.3 is 12.0 Å². The SMILES string of the molecule is CN(Cc1cscn1)C(=O)NC(C(=O)O)c1cnn(C)c1. The van der Waals surface area contributed by atoms with Crippen molar-refractivity contribution in [1.29, 1.82) is 0 Å². The van der Waals surface area contributed by atoms with Gasteiger partial charge < -0.3 is 15.3 Å². The van der Waals surface area contributed by atoms with Crippen LogP contribution in [0.15, 0.2) is 23.3 Å². The summed E-state index contributed by atoms with van der Waals surface area (Å²) < 4.78 is 1.48. The number of hydrogen-bond donors (Lipinski definition) is 2. The van der Waals surface area contributed by atoms with Gasteiger partial charge in [0.25, 0.3) is 0 Å². The van der Waals surface area contributed by atoms with Gasteiger partial charge in [-0.2, -0.15) is 5.10 Å². The maximum atomic E-state index is 12.1. The number of carboxylic acids is 1. The second-order valence-electron chi connectivity index (χ2n) is 4.50. The quantitative estimate of drug-likeness (QED) is 0.852. The Balaban J connectivity index is 2.03. The molecule has 9 heteroatoms. The van der Waals surface area contributed by atoms with E-state index < -0.39 is 18.0 Å². The van der Waals surface area contributed by atoms with Crippen molar-refractivity contribution in [3.63, 3.8) is 0 Å². The van der Waals surface area contributed by atoms with Gasteiger partial charge in [-0.15, -0.1) is 11.3 Å². The molecule has 1 atom stereocenters. The van der Waals surface area contributed by atoms with Crippen molar-refractivity contribution in [1.82, 2.24) is 25.0 Å². The summed E-state index contributed by atoms with van der Waals surface area (Å²) in [5.74, 6) is -1.14. The minimum Gasteiger partial charge on any atom is -0.479 e. The molecule has 0 saturated carbocycles. The number of aliphatic carboxylic acids is 1. The number of aryl methyl sites for hydroxylation is 1. The Hall–Kier alpha value is -2.42. The van der Waals surface area contributed by atoms with Gasteiger partial charge in [-0.25, -0.2) is 14.6 Å². The lowest BCUT2D eigenvalue weighted by Gasteiger charge is -2.20. The van der Waals surface area contributed by atoms with Crippen molar-refractivity contribution >= 4 is 23.3 Å². The minimum atomic E-state index is -1.14. The van der Waals surface area contributed by atoms with Crippen molar-refractivity contribution in [2.75, 3.05) is 7.05 Å². The zero-order chi connectivity index (χ0) is 15.4.